The molecule has 0 fully saturated rings. The lowest BCUT2D eigenvalue weighted by Crippen LogP contribution is -2.27. The first kappa shape index (κ1) is 15.5. The molecule has 0 aliphatic rings. The molecule has 1 amide bonds. The van der Waals surface area contributed by atoms with Crippen molar-refractivity contribution in [3.05, 3.63) is 45.8 Å². The van der Waals surface area contributed by atoms with Crippen LogP contribution < -0.4 is 0 Å². The number of hydrogen-bond donors (Lipinski definition) is 1. The lowest BCUT2D eigenvalue weighted by Gasteiger charge is -2.15. The molecule has 7 heteroatoms. The van der Waals surface area contributed by atoms with Crippen LogP contribution in [0, 0.1) is 20.8 Å². The minimum atomic E-state index is -0.138. The number of amides is 1. The summed E-state index contributed by atoms with van der Waals surface area (Å²) in [7, 11) is 1.75. The molecule has 0 unspecified atom stereocenters. The Kier molecular flexibility index (Phi) is 4.04. The maximum Gasteiger partial charge on any atom is 0.274 e. The number of carbonyl (C=O) groups excluding carboxylic acids is 1. The van der Waals surface area contributed by atoms with Gasteiger partial charge in [0.2, 0.25) is 0 Å². The van der Waals surface area contributed by atoms with Crippen molar-refractivity contribution in [2.45, 2.75) is 27.3 Å². The number of H-pyrrole nitrogens is 1. The molecule has 0 radical (unpaired) electrons. The van der Waals surface area contributed by atoms with Crippen molar-refractivity contribution in [2.75, 3.05) is 7.05 Å². The van der Waals surface area contributed by atoms with Gasteiger partial charge in [0.05, 0.1) is 22.8 Å². The predicted octanol–water partition coefficient (Wildman–Crippen LogP) is 3.32. The minimum absolute atomic E-state index is 0.138. The quantitative estimate of drug-likeness (QED) is 0.796. The summed E-state index contributed by atoms with van der Waals surface area (Å²) in [4.78, 5) is 16.4. The van der Waals surface area contributed by atoms with Gasteiger partial charge in [-0.3, -0.25) is 9.89 Å². The first-order valence-corrected chi connectivity index (χ1v) is 8.07. The molecule has 6 nitrogen and oxygen atoms in total. The summed E-state index contributed by atoms with van der Waals surface area (Å²) >= 11 is 1.67. The molecule has 0 saturated carbocycles. The second kappa shape index (κ2) is 6.00. The Labute approximate surface area is 138 Å². The molecule has 0 aliphatic heterocycles. The van der Waals surface area contributed by atoms with Gasteiger partial charge in [0.1, 0.15) is 5.76 Å². The number of thiophene rings is 1. The normalized spacial score (nSPS) is 11.0. The third-order valence-corrected chi connectivity index (χ3v) is 4.76. The van der Waals surface area contributed by atoms with Gasteiger partial charge in [-0.1, -0.05) is 5.16 Å². The fraction of sp³-hybridized carbons (Fsp3) is 0.312. The number of nitrogens with one attached hydrogen (secondary N) is 1. The van der Waals surface area contributed by atoms with Crippen molar-refractivity contribution >= 4 is 17.2 Å². The molecule has 0 aliphatic carbocycles. The summed E-state index contributed by atoms with van der Waals surface area (Å²) < 4.78 is 5.14. The van der Waals surface area contributed by atoms with Crippen LogP contribution in [0.4, 0.5) is 0 Å². The van der Waals surface area contributed by atoms with Gasteiger partial charge in [-0.15, -0.1) is 11.3 Å². The van der Waals surface area contributed by atoms with Gasteiger partial charge in [-0.05, 0) is 39.0 Å². The van der Waals surface area contributed by atoms with Gasteiger partial charge in [-0.2, -0.15) is 5.10 Å². The standard InChI is InChI=1S/C16H18N4O2S/c1-9-5-6-15(23-9)13-7-14(18-17-13)16(21)20(4)8-12-10(2)19-22-11(12)3/h5-7H,8H2,1-4H3,(H,17,18). The van der Waals surface area contributed by atoms with Gasteiger partial charge < -0.3 is 9.42 Å². The lowest BCUT2D eigenvalue weighted by molar-refractivity contribution is 0.0778. The molecule has 0 bridgehead atoms. The number of aromatic amines is 1. The van der Waals surface area contributed by atoms with E-state index < -0.39 is 0 Å². The van der Waals surface area contributed by atoms with E-state index in [1.165, 1.54) is 4.88 Å². The fourth-order valence-corrected chi connectivity index (χ4v) is 3.20. The van der Waals surface area contributed by atoms with Crippen LogP contribution in [0.25, 0.3) is 10.6 Å². The van der Waals surface area contributed by atoms with Crippen molar-refractivity contribution in [1.82, 2.24) is 20.3 Å². The van der Waals surface area contributed by atoms with Crippen LogP contribution in [-0.2, 0) is 6.54 Å². The number of rotatable bonds is 4. The van der Waals surface area contributed by atoms with Crippen LogP contribution in [0.2, 0.25) is 0 Å². The largest absolute Gasteiger partial charge is 0.361 e. The van der Waals surface area contributed by atoms with Gasteiger partial charge in [-0.25, -0.2) is 0 Å². The van der Waals surface area contributed by atoms with E-state index in [2.05, 4.69) is 15.4 Å². The van der Waals surface area contributed by atoms with Crippen LogP contribution >= 0.6 is 11.3 Å². The fourth-order valence-electron chi connectivity index (χ4n) is 2.37. The van der Waals surface area contributed by atoms with E-state index in [0.717, 1.165) is 27.6 Å². The van der Waals surface area contributed by atoms with Crippen LogP contribution in [0.3, 0.4) is 0 Å². The number of carbonyl (C=O) groups is 1. The van der Waals surface area contributed by atoms with Gasteiger partial charge in [0.15, 0.2) is 5.69 Å². The first-order chi connectivity index (χ1) is 11.0. The molecule has 0 spiro atoms. The monoisotopic (exact) mass is 330 g/mol. The topological polar surface area (TPSA) is 75.0 Å². The zero-order chi connectivity index (χ0) is 16.6. The van der Waals surface area contributed by atoms with E-state index >= 15 is 0 Å². The molecular formula is C16H18N4O2S. The minimum Gasteiger partial charge on any atom is -0.361 e. The first-order valence-electron chi connectivity index (χ1n) is 7.25. The maximum atomic E-state index is 12.5. The maximum absolute atomic E-state index is 12.5. The molecule has 120 valence electrons. The SMILES string of the molecule is Cc1ccc(-c2cc(C(=O)N(C)Cc3c(C)noc3C)n[nH]2)s1. The van der Waals surface area contributed by atoms with Crippen molar-refractivity contribution < 1.29 is 9.32 Å². The molecule has 0 saturated heterocycles. The average molecular weight is 330 g/mol. The summed E-state index contributed by atoms with van der Waals surface area (Å²) in [6.07, 6.45) is 0. The van der Waals surface area contributed by atoms with Crippen molar-refractivity contribution in [1.29, 1.82) is 0 Å². The zero-order valence-corrected chi connectivity index (χ0v) is 14.3. The van der Waals surface area contributed by atoms with E-state index in [9.17, 15) is 4.79 Å². The van der Waals surface area contributed by atoms with Gasteiger partial charge in [0.25, 0.3) is 5.91 Å². The summed E-state index contributed by atoms with van der Waals surface area (Å²) in [6.45, 7) is 6.21. The van der Waals surface area contributed by atoms with Gasteiger partial charge >= 0.3 is 0 Å². The molecular weight excluding hydrogens is 312 g/mol. The Morgan fingerprint density at radius 3 is 2.74 bits per heavy atom. The summed E-state index contributed by atoms with van der Waals surface area (Å²) in [6, 6.07) is 5.86. The Morgan fingerprint density at radius 2 is 2.13 bits per heavy atom. The van der Waals surface area contributed by atoms with E-state index in [-0.39, 0.29) is 5.91 Å². The Morgan fingerprint density at radius 1 is 1.35 bits per heavy atom. The third kappa shape index (κ3) is 3.05. The van der Waals surface area contributed by atoms with Crippen LogP contribution in [0.5, 0.6) is 0 Å². The number of aromatic nitrogens is 3. The highest BCUT2D eigenvalue weighted by Crippen LogP contribution is 2.26. The summed E-state index contributed by atoms with van der Waals surface area (Å²) in [5.74, 6) is 0.597. The molecule has 1 N–H and O–H groups in total. The van der Waals surface area contributed by atoms with Crippen LogP contribution in [-0.4, -0.2) is 33.2 Å². The molecule has 0 aromatic carbocycles. The highest BCUT2D eigenvalue weighted by molar-refractivity contribution is 7.15. The molecule has 3 rings (SSSR count). The molecule has 0 atom stereocenters. The lowest BCUT2D eigenvalue weighted by atomic mass is 10.2. The Hall–Kier alpha value is -2.41. The van der Waals surface area contributed by atoms with E-state index in [1.54, 1.807) is 29.4 Å². The van der Waals surface area contributed by atoms with Crippen LogP contribution in [0.1, 0.15) is 32.4 Å². The molecule has 23 heavy (non-hydrogen) atoms. The Bertz CT molecular complexity index is 827. The second-order valence-corrected chi connectivity index (χ2v) is 6.83. The number of aryl methyl sites for hydroxylation is 3. The Balaban J connectivity index is 1.76. The summed E-state index contributed by atoms with van der Waals surface area (Å²) in [5.41, 5.74) is 3.00. The van der Waals surface area contributed by atoms with Crippen molar-refractivity contribution in [2.24, 2.45) is 0 Å². The third-order valence-electron chi connectivity index (χ3n) is 3.73. The zero-order valence-electron chi connectivity index (χ0n) is 13.5. The predicted molar refractivity (Wildman–Crippen MR) is 88.4 cm³/mol. The van der Waals surface area contributed by atoms with Crippen molar-refractivity contribution in [3.8, 4) is 10.6 Å². The number of nitrogens with zero attached hydrogens (tertiary/aromatic N) is 3. The van der Waals surface area contributed by atoms with Crippen LogP contribution in [0.15, 0.2) is 22.7 Å². The number of hydrogen-bond acceptors (Lipinski definition) is 5. The van der Waals surface area contributed by atoms with E-state index in [0.29, 0.717) is 12.2 Å². The van der Waals surface area contributed by atoms with Crippen molar-refractivity contribution in [3.63, 3.8) is 0 Å². The molecule has 3 aromatic heterocycles. The molecule has 3 heterocycles. The van der Waals surface area contributed by atoms with E-state index in [1.807, 2.05) is 32.9 Å². The summed E-state index contributed by atoms with van der Waals surface area (Å²) in [5, 5.41) is 11.0. The highest BCUT2D eigenvalue weighted by atomic mass is 32.1. The van der Waals surface area contributed by atoms with E-state index in [4.69, 9.17) is 4.52 Å². The molecule has 3 aromatic rings. The smallest absolute Gasteiger partial charge is 0.274 e. The highest BCUT2D eigenvalue weighted by Gasteiger charge is 2.19. The average Bonchev–Trinajstić information content (AvgIpc) is 3.23. The van der Waals surface area contributed by atoms with Gasteiger partial charge in [0, 0.05) is 17.5 Å². The second-order valence-electron chi connectivity index (χ2n) is 5.54.